The number of anilines is 1. The molecule has 0 aromatic heterocycles. The van der Waals surface area contributed by atoms with Crippen molar-refractivity contribution < 1.29 is 0 Å². The second-order valence-corrected chi connectivity index (χ2v) is 6.93. The van der Waals surface area contributed by atoms with Crippen LogP contribution in [0.2, 0.25) is 0 Å². The fourth-order valence-electron chi connectivity index (χ4n) is 3.64. The predicted molar refractivity (Wildman–Crippen MR) is 132 cm³/mol. The summed E-state index contributed by atoms with van der Waals surface area (Å²) in [5.74, 6) is 0. The van der Waals surface area contributed by atoms with E-state index in [2.05, 4.69) is 122 Å². The van der Waals surface area contributed by atoms with Gasteiger partial charge in [0.15, 0.2) is 0 Å². The van der Waals surface area contributed by atoms with Crippen molar-refractivity contribution in [2.45, 2.75) is 20.8 Å². The van der Waals surface area contributed by atoms with Gasteiger partial charge in [0, 0.05) is 16.6 Å². The van der Waals surface area contributed by atoms with E-state index in [0.29, 0.717) is 0 Å². The molecule has 0 N–H and O–H groups in total. The summed E-state index contributed by atoms with van der Waals surface area (Å²) in [6.45, 7) is 10.3. The quantitative estimate of drug-likeness (QED) is 0.437. The average molecular weight is 392 g/mol. The fraction of sp³-hybridized carbons (Fsp3) is 0.103. The third-order valence-electron chi connectivity index (χ3n) is 5.11. The van der Waals surface area contributed by atoms with Gasteiger partial charge in [0.1, 0.15) is 0 Å². The first-order valence-electron chi connectivity index (χ1n) is 10.4. The van der Waals surface area contributed by atoms with Gasteiger partial charge in [-0.05, 0) is 61.4 Å². The standard InChI is InChI=1S/C29H29N/c1-5-14-26(7-3)30(29(8-4)28-18-13-12-15-23(28)6-2)27-21-19-25(20-22-27)24-16-10-9-11-17-24/h5-22H,4H2,1-3H3/b14-5-,23-6-,26-7+,29-28+. The molecule has 0 aliphatic rings. The fourth-order valence-corrected chi connectivity index (χ4v) is 3.64. The van der Waals surface area contributed by atoms with Crippen molar-refractivity contribution in [3.05, 3.63) is 126 Å². The number of hydrogen-bond acceptors (Lipinski definition) is 1. The van der Waals surface area contributed by atoms with Crippen LogP contribution in [-0.4, -0.2) is 0 Å². The van der Waals surface area contributed by atoms with Crippen molar-refractivity contribution in [3.8, 4) is 11.1 Å². The van der Waals surface area contributed by atoms with E-state index in [9.17, 15) is 0 Å². The van der Waals surface area contributed by atoms with Gasteiger partial charge in [-0.25, -0.2) is 0 Å². The predicted octanol–water partition coefficient (Wildman–Crippen LogP) is 6.43. The molecule has 0 saturated heterocycles. The summed E-state index contributed by atoms with van der Waals surface area (Å²) in [6, 6.07) is 27.6. The van der Waals surface area contributed by atoms with E-state index in [4.69, 9.17) is 0 Å². The van der Waals surface area contributed by atoms with Crippen LogP contribution < -0.4 is 15.3 Å². The number of rotatable bonds is 6. The molecule has 0 saturated carbocycles. The summed E-state index contributed by atoms with van der Waals surface area (Å²) in [7, 11) is 0. The van der Waals surface area contributed by atoms with Gasteiger partial charge in [-0.2, -0.15) is 0 Å². The Balaban J connectivity index is 2.23. The monoisotopic (exact) mass is 391 g/mol. The number of benzene rings is 3. The molecular weight excluding hydrogens is 362 g/mol. The highest BCUT2D eigenvalue weighted by molar-refractivity contribution is 5.80. The normalized spacial score (nSPS) is 13.4. The topological polar surface area (TPSA) is 3.24 Å². The van der Waals surface area contributed by atoms with Crippen LogP contribution in [0.5, 0.6) is 0 Å². The van der Waals surface area contributed by atoms with Crippen molar-refractivity contribution in [2.75, 3.05) is 4.90 Å². The zero-order valence-electron chi connectivity index (χ0n) is 18.0. The van der Waals surface area contributed by atoms with Crippen LogP contribution in [0.25, 0.3) is 22.9 Å². The maximum absolute atomic E-state index is 4.16. The van der Waals surface area contributed by atoms with Crippen LogP contribution in [-0.2, 0) is 0 Å². The molecule has 0 aliphatic carbocycles. The SMILES string of the molecule is C=C/C(=c1/cccc/c1=C/C)N(C(/C=C\C)=C/C)c1ccc(-c2ccccc2)cc1. The van der Waals surface area contributed by atoms with Crippen LogP contribution in [0.4, 0.5) is 5.69 Å². The Kier molecular flexibility index (Phi) is 7.24. The molecular formula is C29H29N. The van der Waals surface area contributed by atoms with Gasteiger partial charge in [-0.15, -0.1) is 0 Å². The molecule has 0 spiro atoms. The van der Waals surface area contributed by atoms with Crippen molar-refractivity contribution in [3.63, 3.8) is 0 Å². The molecule has 3 aromatic carbocycles. The Hall–Kier alpha value is -3.58. The molecule has 1 nitrogen and oxygen atoms in total. The van der Waals surface area contributed by atoms with Gasteiger partial charge in [-0.1, -0.05) is 91.5 Å². The molecule has 0 atom stereocenters. The molecule has 150 valence electrons. The number of nitrogens with zero attached hydrogens (tertiary/aromatic N) is 1. The molecule has 0 fully saturated rings. The van der Waals surface area contributed by atoms with Gasteiger partial charge in [0.2, 0.25) is 0 Å². The molecule has 0 radical (unpaired) electrons. The third-order valence-corrected chi connectivity index (χ3v) is 5.11. The molecule has 0 heterocycles. The summed E-state index contributed by atoms with van der Waals surface area (Å²) in [5.41, 5.74) is 5.68. The van der Waals surface area contributed by atoms with E-state index in [-0.39, 0.29) is 0 Å². The van der Waals surface area contributed by atoms with Gasteiger partial charge in [-0.3, -0.25) is 0 Å². The molecule has 0 aliphatic heterocycles. The van der Waals surface area contributed by atoms with Crippen LogP contribution in [0.1, 0.15) is 20.8 Å². The Bertz CT molecular complexity index is 1160. The van der Waals surface area contributed by atoms with Crippen molar-refractivity contribution in [1.82, 2.24) is 0 Å². The summed E-state index contributed by atoms with van der Waals surface area (Å²) in [5, 5.41) is 2.35. The zero-order chi connectivity index (χ0) is 21.3. The molecule has 0 amide bonds. The second-order valence-electron chi connectivity index (χ2n) is 6.93. The molecule has 30 heavy (non-hydrogen) atoms. The van der Waals surface area contributed by atoms with Crippen molar-refractivity contribution in [2.24, 2.45) is 0 Å². The Morgan fingerprint density at radius 2 is 1.40 bits per heavy atom. The molecule has 3 rings (SSSR count). The lowest BCUT2D eigenvalue weighted by atomic mass is 10.0. The van der Waals surface area contributed by atoms with Crippen molar-refractivity contribution >= 4 is 17.5 Å². The highest BCUT2D eigenvalue weighted by Gasteiger charge is 2.14. The lowest BCUT2D eigenvalue weighted by Gasteiger charge is -2.27. The van der Waals surface area contributed by atoms with Gasteiger partial charge < -0.3 is 4.90 Å². The van der Waals surface area contributed by atoms with Crippen molar-refractivity contribution in [1.29, 1.82) is 0 Å². The highest BCUT2D eigenvalue weighted by Crippen LogP contribution is 2.29. The van der Waals surface area contributed by atoms with E-state index in [1.54, 1.807) is 0 Å². The van der Waals surface area contributed by atoms with Crippen LogP contribution in [0.3, 0.4) is 0 Å². The summed E-state index contributed by atoms with van der Waals surface area (Å²) in [4.78, 5) is 2.27. The smallest absolute Gasteiger partial charge is 0.0533 e. The Morgan fingerprint density at radius 1 is 0.767 bits per heavy atom. The Labute approximate surface area is 180 Å². The van der Waals surface area contributed by atoms with E-state index in [1.807, 2.05) is 19.1 Å². The summed E-state index contributed by atoms with van der Waals surface area (Å²) >= 11 is 0. The van der Waals surface area contributed by atoms with E-state index in [0.717, 1.165) is 22.3 Å². The summed E-state index contributed by atoms with van der Waals surface area (Å²) < 4.78 is 0. The minimum Gasteiger partial charge on any atom is -0.310 e. The Morgan fingerprint density at radius 3 is 2.00 bits per heavy atom. The zero-order valence-corrected chi connectivity index (χ0v) is 18.0. The van der Waals surface area contributed by atoms with Gasteiger partial charge >= 0.3 is 0 Å². The lowest BCUT2D eigenvalue weighted by Crippen LogP contribution is -2.33. The van der Waals surface area contributed by atoms with E-state index >= 15 is 0 Å². The van der Waals surface area contributed by atoms with Crippen LogP contribution in [0.15, 0.2) is 115 Å². The molecule has 0 unspecified atom stereocenters. The van der Waals surface area contributed by atoms with Crippen LogP contribution in [0, 0.1) is 0 Å². The highest BCUT2D eigenvalue weighted by atomic mass is 15.1. The van der Waals surface area contributed by atoms with E-state index in [1.165, 1.54) is 16.3 Å². The number of allylic oxidation sites excluding steroid dienone is 3. The molecule has 1 heteroatoms. The second kappa shape index (κ2) is 10.3. The summed E-state index contributed by atoms with van der Waals surface area (Å²) in [6.07, 6.45) is 10.4. The third kappa shape index (κ3) is 4.52. The minimum atomic E-state index is 1.06. The lowest BCUT2D eigenvalue weighted by molar-refractivity contribution is 1.20. The molecule has 3 aromatic rings. The average Bonchev–Trinajstić information content (AvgIpc) is 2.82. The van der Waals surface area contributed by atoms with Gasteiger partial charge in [0.25, 0.3) is 0 Å². The van der Waals surface area contributed by atoms with Crippen LogP contribution >= 0.6 is 0 Å². The van der Waals surface area contributed by atoms with E-state index < -0.39 is 0 Å². The maximum Gasteiger partial charge on any atom is 0.0533 e. The first kappa shape index (κ1) is 21.1. The first-order chi connectivity index (χ1) is 14.7. The maximum atomic E-state index is 4.16. The number of hydrogen-bond donors (Lipinski definition) is 0. The first-order valence-corrected chi connectivity index (χ1v) is 10.4. The largest absolute Gasteiger partial charge is 0.310 e. The van der Waals surface area contributed by atoms with Gasteiger partial charge in [0.05, 0.1) is 5.70 Å². The minimum absolute atomic E-state index is 1.06. The molecule has 0 bridgehead atoms.